The summed E-state index contributed by atoms with van der Waals surface area (Å²) in [6, 6.07) is 15.9. The number of hydrogen-bond donors (Lipinski definition) is 2. The van der Waals surface area contributed by atoms with Crippen LogP contribution < -0.4 is 15.6 Å². The lowest BCUT2D eigenvalue weighted by molar-refractivity contribution is 0.227. The highest BCUT2D eigenvalue weighted by molar-refractivity contribution is 5.80. The number of nitrogens with one attached hydrogen (secondary N) is 2. The van der Waals surface area contributed by atoms with Crippen LogP contribution in [0.4, 0.5) is 4.39 Å². The van der Waals surface area contributed by atoms with Crippen LogP contribution in [0.25, 0.3) is 16.7 Å². The number of para-hydroxylation sites is 1. The summed E-state index contributed by atoms with van der Waals surface area (Å²) < 4.78 is 20.8. The second-order valence-corrected chi connectivity index (χ2v) is 7.54. The number of benzene rings is 2. The van der Waals surface area contributed by atoms with Crippen LogP contribution >= 0.6 is 0 Å². The zero-order valence-corrected chi connectivity index (χ0v) is 16.5. The summed E-state index contributed by atoms with van der Waals surface area (Å²) in [6.45, 7) is 2.98. The second kappa shape index (κ2) is 7.42. The maximum absolute atomic E-state index is 13.2. The van der Waals surface area contributed by atoms with E-state index in [-0.39, 0.29) is 17.5 Å². The van der Waals surface area contributed by atoms with E-state index in [0.29, 0.717) is 30.0 Å². The van der Waals surface area contributed by atoms with Crippen LogP contribution in [0.1, 0.15) is 16.8 Å². The molecule has 0 saturated carbocycles. The van der Waals surface area contributed by atoms with E-state index < -0.39 is 0 Å². The van der Waals surface area contributed by atoms with E-state index in [9.17, 15) is 9.18 Å². The second-order valence-electron chi connectivity index (χ2n) is 7.54. The van der Waals surface area contributed by atoms with Crippen molar-refractivity contribution >= 4 is 11.0 Å². The molecule has 0 aliphatic carbocycles. The topological polar surface area (TPSA) is 71.9 Å². The van der Waals surface area contributed by atoms with Gasteiger partial charge in [-0.05, 0) is 48.9 Å². The van der Waals surface area contributed by atoms with E-state index >= 15 is 0 Å². The van der Waals surface area contributed by atoms with E-state index in [2.05, 4.69) is 21.5 Å². The first-order chi connectivity index (χ1) is 14.6. The van der Waals surface area contributed by atoms with Gasteiger partial charge in [-0.25, -0.2) is 9.07 Å². The van der Waals surface area contributed by atoms with Crippen LogP contribution in [-0.4, -0.2) is 27.4 Å². The highest BCUT2D eigenvalue weighted by Crippen LogP contribution is 2.27. The van der Waals surface area contributed by atoms with Crippen LogP contribution in [-0.2, 0) is 13.0 Å². The molecule has 2 aromatic heterocycles. The molecule has 30 heavy (non-hydrogen) atoms. The Labute approximate surface area is 172 Å². The first-order valence-electron chi connectivity index (χ1n) is 9.91. The monoisotopic (exact) mass is 404 g/mol. The van der Waals surface area contributed by atoms with E-state index in [1.807, 2.05) is 31.2 Å². The summed E-state index contributed by atoms with van der Waals surface area (Å²) >= 11 is 0. The van der Waals surface area contributed by atoms with Gasteiger partial charge in [-0.1, -0.05) is 18.2 Å². The highest BCUT2D eigenvalue weighted by Gasteiger charge is 2.22. The van der Waals surface area contributed by atoms with Gasteiger partial charge in [0.05, 0.1) is 11.4 Å². The summed E-state index contributed by atoms with van der Waals surface area (Å²) in [6.07, 6.45) is 0.926. The normalized spacial score (nSPS) is 15.3. The fourth-order valence-corrected chi connectivity index (χ4v) is 3.90. The molecule has 2 aromatic carbocycles. The first kappa shape index (κ1) is 18.6. The molecule has 3 heterocycles. The summed E-state index contributed by atoms with van der Waals surface area (Å²) in [5, 5.41) is 8.72. The molecule has 0 radical (unpaired) electrons. The molecule has 0 spiro atoms. The Hall–Kier alpha value is -3.45. The maximum Gasteiger partial charge on any atom is 0.254 e. The fraction of sp³-hybridized carbons (Fsp3) is 0.217. The van der Waals surface area contributed by atoms with Gasteiger partial charge in [-0.3, -0.25) is 4.79 Å². The molecule has 6 nitrogen and oxygen atoms in total. The predicted molar refractivity (Wildman–Crippen MR) is 113 cm³/mol. The highest BCUT2D eigenvalue weighted by atomic mass is 19.1. The van der Waals surface area contributed by atoms with E-state index in [1.54, 1.807) is 16.8 Å². The van der Waals surface area contributed by atoms with Gasteiger partial charge >= 0.3 is 0 Å². The molecule has 0 bridgehead atoms. The van der Waals surface area contributed by atoms with Gasteiger partial charge in [0.2, 0.25) is 0 Å². The predicted octanol–water partition coefficient (Wildman–Crippen LogP) is 3.25. The lowest BCUT2D eigenvalue weighted by atomic mass is 10.1. The Bertz CT molecular complexity index is 1250. The summed E-state index contributed by atoms with van der Waals surface area (Å²) in [5.74, 6) is 0.621. The molecule has 5 rings (SSSR count). The number of aromatic amines is 1. The molecular weight excluding hydrogens is 383 g/mol. The van der Waals surface area contributed by atoms with Crippen molar-refractivity contribution in [1.82, 2.24) is 20.1 Å². The molecule has 7 heteroatoms. The number of hydrogen-bond acceptors (Lipinski definition) is 4. The molecule has 1 unspecified atom stereocenters. The van der Waals surface area contributed by atoms with Gasteiger partial charge in [0.1, 0.15) is 23.3 Å². The van der Waals surface area contributed by atoms with E-state index in [4.69, 9.17) is 4.74 Å². The van der Waals surface area contributed by atoms with Crippen LogP contribution in [0.2, 0.25) is 0 Å². The van der Waals surface area contributed by atoms with Crippen molar-refractivity contribution in [3.63, 3.8) is 0 Å². The molecule has 152 valence electrons. The maximum atomic E-state index is 13.2. The van der Waals surface area contributed by atoms with Gasteiger partial charge in [-0.2, -0.15) is 5.10 Å². The number of fused-ring (bicyclic) bond motifs is 2. The van der Waals surface area contributed by atoms with Gasteiger partial charge in [0.15, 0.2) is 0 Å². The van der Waals surface area contributed by atoms with Crippen molar-refractivity contribution in [3.8, 4) is 11.4 Å². The van der Waals surface area contributed by atoms with Crippen molar-refractivity contribution in [2.24, 2.45) is 0 Å². The van der Waals surface area contributed by atoms with Crippen LogP contribution in [0.15, 0.2) is 59.4 Å². The largest absolute Gasteiger partial charge is 0.488 e. The van der Waals surface area contributed by atoms with Crippen LogP contribution in [0.5, 0.6) is 5.75 Å². The fourth-order valence-electron chi connectivity index (χ4n) is 3.90. The minimum atomic E-state index is -0.317. The zero-order valence-electron chi connectivity index (χ0n) is 16.5. The average molecular weight is 404 g/mol. The van der Waals surface area contributed by atoms with Gasteiger partial charge in [0.25, 0.3) is 5.56 Å². The number of aryl methyl sites for hydroxylation is 1. The summed E-state index contributed by atoms with van der Waals surface area (Å²) in [7, 11) is 0. The van der Waals surface area contributed by atoms with Crippen molar-refractivity contribution in [2.75, 3.05) is 6.54 Å². The lowest BCUT2D eigenvalue weighted by Crippen LogP contribution is -2.31. The molecule has 0 fully saturated rings. The Kier molecular flexibility index (Phi) is 4.59. The van der Waals surface area contributed by atoms with E-state index in [0.717, 1.165) is 23.3 Å². The van der Waals surface area contributed by atoms with E-state index in [1.165, 1.54) is 17.7 Å². The molecule has 1 aliphatic rings. The van der Waals surface area contributed by atoms with Crippen molar-refractivity contribution in [1.29, 1.82) is 0 Å². The Morgan fingerprint density at radius 3 is 2.83 bits per heavy atom. The Morgan fingerprint density at radius 1 is 1.23 bits per heavy atom. The van der Waals surface area contributed by atoms with Gasteiger partial charge < -0.3 is 15.0 Å². The zero-order chi connectivity index (χ0) is 20.7. The third kappa shape index (κ3) is 3.37. The standard InChI is InChI=1S/C23H21FN4O2/c1-14-20-11-16(12-25-13-19-10-15-4-2-3-5-21(15)30-19)23(29)26-22(20)28(27-14)18-8-6-17(24)7-9-18/h2-9,11,19,25H,10,12-13H2,1H3,(H,26,29). The minimum Gasteiger partial charge on any atom is -0.488 e. The first-order valence-corrected chi connectivity index (χ1v) is 9.91. The van der Waals surface area contributed by atoms with Crippen molar-refractivity contribution < 1.29 is 9.13 Å². The minimum absolute atomic E-state index is 0.0631. The average Bonchev–Trinajstić information content (AvgIpc) is 3.29. The number of ether oxygens (including phenoxy) is 1. The number of aromatic nitrogens is 3. The summed E-state index contributed by atoms with van der Waals surface area (Å²) in [4.78, 5) is 15.6. The number of nitrogens with zero attached hydrogens (tertiary/aromatic N) is 2. The molecule has 2 N–H and O–H groups in total. The van der Waals surface area contributed by atoms with Gasteiger partial charge in [0, 0.05) is 30.5 Å². The molecule has 0 amide bonds. The molecule has 0 saturated heterocycles. The molecule has 1 atom stereocenters. The molecule has 4 aromatic rings. The smallest absolute Gasteiger partial charge is 0.254 e. The van der Waals surface area contributed by atoms with Crippen molar-refractivity contribution in [3.05, 3.63) is 87.6 Å². The Balaban J connectivity index is 1.33. The number of rotatable bonds is 5. The van der Waals surface area contributed by atoms with Crippen LogP contribution in [0, 0.1) is 12.7 Å². The SMILES string of the molecule is Cc1nn(-c2ccc(F)cc2)c2[nH]c(=O)c(CNCC3Cc4ccccc4O3)cc12. The third-order valence-electron chi connectivity index (χ3n) is 5.42. The quantitative estimate of drug-likeness (QED) is 0.536. The lowest BCUT2D eigenvalue weighted by Gasteiger charge is -2.12. The molecular formula is C23H21FN4O2. The van der Waals surface area contributed by atoms with Crippen LogP contribution in [0.3, 0.4) is 0 Å². The number of halogens is 1. The van der Waals surface area contributed by atoms with Gasteiger partial charge in [-0.15, -0.1) is 0 Å². The third-order valence-corrected chi connectivity index (χ3v) is 5.42. The number of H-pyrrole nitrogens is 1. The Morgan fingerprint density at radius 2 is 2.03 bits per heavy atom. The number of pyridine rings is 1. The summed E-state index contributed by atoms with van der Waals surface area (Å²) in [5.41, 5.74) is 3.76. The van der Waals surface area contributed by atoms with Crippen molar-refractivity contribution in [2.45, 2.75) is 26.0 Å². The molecule has 1 aliphatic heterocycles.